The molecule has 0 bridgehead atoms. The quantitative estimate of drug-likeness (QED) is 0.873. The van der Waals surface area contributed by atoms with Crippen molar-refractivity contribution >= 4 is 11.8 Å². The molecule has 1 aromatic heterocycles. The molecule has 0 aliphatic carbocycles. The smallest absolute Gasteiger partial charge is 0.225 e. The minimum Gasteiger partial charge on any atom is -0.354 e. The van der Waals surface area contributed by atoms with Gasteiger partial charge in [0, 0.05) is 50.7 Å². The van der Waals surface area contributed by atoms with Crippen LogP contribution in [0.1, 0.15) is 33.4 Å². The SMILES string of the molecule is CCN1CCN(c2cc(C(C)(C)C)nc(NC3CNC3)n2)CC1. The van der Waals surface area contributed by atoms with Gasteiger partial charge in [-0.2, -0.15) is 4.98 Å². The number of anilines is 2. The molecule has 0 amide bonds. The van der Waals surface area contributed by atoms with Crippen molar-refractivity contribution in [2.24, 2.45) is 0 Å². The van der Waals surface area contributed by atoms with Crippen molar-refractivity contribution in [3.8, 4) is 0 Å². The second-order valence-corrected chi connectivity index (χ2v) is 7.61. The van der Waals surface area contributed by atoms with Crippen LogP contribution in [0, 0.1) is 0 Å². The van der Waals surface area contributed by atoms with Crippen LogP contribution in [0.3, 0.4) is 0 Å². The Morgan fingerprint density at radius 2 is 1.87 bits per heavy atom. The lowest BCUT2D eigenvalue weighted by Gasteiger charge is -2.35. The Kier molecular flexibility index (Phi) is 4.73. The highest BCUT2D eigenvalue weighted by molar-refractivity contribution is 5.47. The van der Waals surface area contributed by atoms with Gasteiger partial charge < -0.3 is 20.4 Å². The van der Waals surface area contributed by atoms with Crippen LogP contribution in [0.5, 0.6) is 0 Å². The van der Waals surface area contributed by atoms with E-state index >= 15 is 0 Å². The van der Waals surface area contributed by atoms with E-state index in [4.69, 9.17) is 9.97 Å². The Balaban J connectivity index is 1.81. The number of hydrogen-bond acceptors (Lipinski definition) is 6. The maximum Gasteiger partial charge on any atom is 0.225 e. The fraction of sp³-hybridized carbons (Fsp3) is 0.765. The summed E-state index contributed by atoms with van der Waals surface area (Å²) in [5, 5.41) is 6.75. The summed E-state index contributed by atoms with van der Waals surface area (Å²) in [6.45, 7) is 16.3. The zero-order valence-corrected chi connectivity index (χ0v) is 14.9. The van der Waals surface area contributed by atoms with Crippen LogP contribution in [0.2, 0.25) is 0 Å². The van der Waals surface area contributed by atoms with E-state index < -0.39 is 0 Å². The molecule has 23 heavy (non-hydrogen) atoms. The maximum absolute atomic E-state index is 4.80. The number of nitrogens with one attached hydrogen (secondary N) is 2. The molecule has 3 rings (SSSR count). The van der Waals surface area contributed by atoms with Gasteiger partial charge in [0.05, 0.1) is 11.7 Å². The summed E-state index contributed by atoms with van der Waals surface area (Å²) in [7, 11) is 0. The van der Waals surface area contributed by atoms with Gasteiger partial charge in [0.2, 0.25) is 5.95 Å². The molecule has 3 heterocycles. The lowest BCUT2D eigenvalue weighted by atomic mass is 9.92. The van der Waals surface area contributed by atoms with Crippen LogP contribution < -0.4 is 15.5 Å². The molecule has 2 saturated heterocycles. The van der Waals surface area contributed by atoms with E-state index in [-0.39, 0.29) is 5.41 Å². The normalized spacial score (nSPS) is 20.4. The van der Waals surface area contributed by atoms with E-state index in [0.29, 0.717) is 6.04 Å². The van der Waals surface area contributed by atoms with E-state index in [0.717, 1.165) is 63.3 Å². The molecule has 0 aromatic carbocycles. The van der Waals surface area contributed by atoms with Crippen molar-refractivity contribution in [2.75, 3.05) is 56.0 Å². The van der Waals surface area contributed by atoms with Crippen molar-refractivity contribution < 1.29 is 0 Å². The van der Waals surface area contributed by atoms with Gasteiger partial charge in [-0.05, 0) is 6.54 Å². The highest BCUT2D eigenvalue weighted by Gasteiger charge is 2.24. The van der Waals surface area contributed by atoms with Gasteiger partial charge in [0.15, 0.2) is 0 Å². The summed E-state index contributed by atoms with van der Waals surface area (Å²) < 4.78 is 0. The summed E-state index contributed by atoms with van der Waals surface area (Å²) >= 11 is 0. The fourth-order valence-electron chi connectivity index (χ4n) is 2.91. The van der Waals surface area contributed by atoms with Crippen LogP contribution in [0.15, 0.2) is 6.07 Å². The van der Waals surface area contributed by atoms with Gasteiger partial charge in [-0.15, -0.1) is 0 Å². The maximum atomic E-state index is 4.80. The van der Waals surface area contributed by atoms with Crippen LogP contribution >= 0.6 is 0 Å². The largest absolute Gasteiger partial charge is 0.354 e. The van der Waals surface area contributed by atoms with Crippen molar-refractivity contribution in [1.29, 1.82) is 0 Å². The Morgan fingerprint density at radius 1 is 1.17 bits per heavy atom. The number of hydrogen-bond donors (Lipinski definition) is 2. The predicted molar refractivity (Wildman–Crippen MR) is 95.3 cm³/mol. The standard InChI is InChI=1S/C17H30N6/c1-5-22-6-8-23(9-7-22)15-10-14(17(2,3)4)20-16(21-15)19-13-11-18-12-13/h10,13,18H,5-9,11-12H2,1-4H3,(H,19,20,21). The highest BCUT2D eigenvalue weighted by Crippen LogP contribution is 2.26. The van der Waals surface area contributed by atoms with E-state index in [2.05, 4.69) is 54.2 Å². The number of nitrogens with zero attached hydrogens (tertiary/aromatic N) is 4. The van der Waals surface area contributed by atoms with Crippen molar-refractivity contribution in [3.05, 3.63) is 11.8 Å². The first-order valence-corrected chi connectivity index (χ1v) is 8.80. The zero-order chi connectivity index (χ0) is 16.4. The molecule has 2 aliphatic rings. The van der Waals surface area contributed by atoms with Gasteiger partial charge in [-0.3, -0.25) is 0 Å². The molecular weight excluding hydrogens is 288 g/mol. The van der Waals surface area contributed by atoms with Gasteiger partial charge in [-0.25, -0.2) is 4.98 Å². The van der Waals surface area contributed by atoms with Crippen LogP contribution in [0.4, 0.5) is 11.8 Å². The molecule has 0 unspecified atom stereocenters. The summed E-state index contributed by atoms with van der Waals surface area (Å²) in [6.07, 6.45) is 0. The molecule has 1 aromatic rings. The summed E-state index contributed by atoms with van der Waals surface area (Å²) in [5.41, 5.74) is 1.13. The molecule has 128 valence electrons. The van der Waals surface area contributed by atoms with Gasteiger partial charge in [-0.1, -0.05) is 27.7 Å². The molecule has 0 radical (unpaired) electrons. The molecular formula is C17H30N6. The first kappa shape index (κ1) is 16.5. The second kappa shape index (κ2) is 6.61. The van der Waals surface area contributed by atoms with Crippen molar-refractivity contribution in [3.63, 3.8) is 0 Å². The van der Waals surface area contributed by atoms with Crippen LogP contribution in [0.25, 0.3) is 0 Å². The first-order chi connectivity index (χ1) is 11.0. The molecule has 2 fully saturated rings. The predicted octanol–water partition coefficient (Wildman–Crippen LogP) is 1.30. The minimum atomic E-state index is 0.0250. The summed E-state index contributed by atoms with van der Waals surface area (Å²) in [5.74, 6) is 1.84. The average Bonchev–Trinajstić information content (AvgIpc) is 2.50. The van der Waals surface area contributed by atoms with E-state index in [1.807, 2.05) is 0 Å². The van der Waals surface area contributed by atoms with Gasteiger partial charge in [0.1, 0.15) is 5.82 Å². The van der Waals surface area contributed by atoms with Crippen LogP contribution in [-0.4, -0.2) is 66.7 Å². The van der Waals surface area contributed by atoms with E-state index in [1.54, 1.807) is 0 Å². The summed E-state index contributed by atoms with van der Waals surface area (Å²) in [6, 6.07) is 2.63. The Morgan fingerprint density at radius 3 is 2.39 bits per heavy atom. The van der Waals surface area contributed by atoms with E-state index in [9.17, 15) is 0 Å². The first-order valence-electron chi connectivity index (χ1n) is 8.80. The second-order valence-electron chi connectivity index (χ2n) is 7.61. The third-order valence-corrected chi connectivity index (χ3v) is 4.74. The number of piperazine rings is 1. The molecule has 2 aliphatic heterocycles. The zero-order valence-electron chi connectivity index (χ0n) is 14.9. The van der Waals surface area contributed by atoms with Crippen molar-refractivity contribution in [2.45, 2.75) is 39.2 Å². The van der Waals surface area contributed by atoms with Crippen LogP contribution in [-0.2, 0) is 5.41 Å². The number of likely N-dealkylation sites (N-methyl/N-ethyl adjacent to an activating group) is 1. The minimum absolute atomic E-state index is 0.0250. The molecule has 6 heteroatoms. The Bertz CT molecular complexity index is 526. The third kappa shape index (κ3) is 3.93. The summed E-state index contributed by atoms with van der Waals surface area (Å²) in [4.78, 5) is 14.4. The van der Waals surface area contributed by atoms with Gasteiger partial charge >= 0.3 is 0 Å². The fourth-order valence-corrected chi connectivity index (χ4v) is 2.91. The Labute approximate surface area is 139 Å². The third-order valence-electron chi connectivity index (χ3n) is 4.74. The number of aromatic nitrogens is 2. The lowest BCUT2D eigenvalue weighted by molar-refractivity contribution is 0.270. The highest BCUT2D eigenvalue weighted by atomic mass is 15.3. The molecule has 0 spiro atoms. The lowest BCUT2D eigenvalue weighted by Crippen LogP contribution is -2.52. The Hall–Kier alpha value is -1.40. The molecule has 0 atom stereocenters. The van der Waals surface area contributed by atoms with Crippen molar-refractivity contribution in [1.82, 2.24) is 20.2 Å². The number of rotatable bonds is 4. The monoisotopic (exact) mass is 318 g/mol. The topological polar surface area (TPSA) is 56.3 Å². The molecule has 2 N–H and O–H groups in total. The van der Waals surface area contributed by atoms with Gasteiger partial charge in [0.25, 0.3) is 0 Å². The average molecular weight is 318 g/mol. The van der Waals surface area contributed by atoms with E-state index in [1.165, 1.54) is 0 Å². The molecule has 6 nitrogen and oxygen atoms in total. The molecule has 0 saturated carbocycles.